The summed E-state index contributed by atoms with van der Waals surface area (Å²) < 4.78 is 13.1. The van der Waals surface area contributed by atoms with Gasteiger partial charge in [-0.1, -0.05) is 11.6 Å². The van der Waals surface area contributed by atoms with Gasteiger partial charge in [0.25, 0.3) is 0 Å². The number of fused-ring (bicyclic) bond motifs is 1. The van der Waals surface area contributed by atoms with Crippen LogP contribution in [0.3, 0.4) is 0 Å². The van der Waals surface area contributed by atoms with Gasteiger partial charge in [0.15, 0.2) is 16.6 Å². The molecule has 9 heteroatoms. The summed E-state index contributed by atoms with van der Waals surface area (Å²) in [5.74, 6) is -0.569. The molecule has 0 amide bonds. The van der Waals surface area contributed by atoms with Gasteiger partial charge in [0, 0.05) is 6.54 Å². The normalized spacial score (nSPS) is 20.4. The maximum Gasteiger partial charge on any atom is 0.223 e. The van der Waals surface area contributed by atoms with Crippen LogP contribution in [0, 0.1) is 5.41 Å². The fourth-order valence-electron chi connectivity index (χ4n) is 2.37. The van der Waals surface area contributed by atoms with Gasteiger partial charge in [0.2, 0.25) is 5.95 Å². The van der Waals surface area contributed by atoms with E-state index in [4.69, 9.17) is 26.8 Å². The molecule has 0 unspecified atom stereocenters. The Labute approximate surface area is 132 Å². The molecule has 0 atom stereocenters. The average Bonchev–Trinajstić information content (AvgIpc) is 2.85. The highest BCUT2D eigenvalue weighted by Gasteiger charge is 2.40. The molecule has 0 aromatic carbocycles. The van der Waals surface area contributed by atoms with Gasteiger partial charge < -0.3 is 24.9 Å². The number of aromatic nitrogens is 4. The van der Waals surface area contributed by atoms with Gasteiger partial charge in [-0.05, 0) is 13.8 Å². The number of ether oxygens (including phenoxy) is 2. The van der Waals surface area contributed by atoms with Crippen LogP contribution >= 0.6 is 11.6 Å². The van der Waals surface area contributed by atoms with Crippen molar-refractivity contribution in [1.82, 2.24) is 19.5 Å². The van der Waals surface area contributed by atoms with Gasteiger partial charge >= 0.3 is 0 Å². The minimum Gasteiger partial charge on any atom is -0.396 e. The number of aliphatic hydroxyl groups is 1. The lowest BCUT2D eigenvalue weighted by molar-refractivity contribution is -0.292. The zero-order valence-electron chi connectivity index (χ0n) is 12.4. The van der Waals surface area contributed by atoms with Crippen LogP contribution in [0.15, 0.2) is 6.33 Å². The molecule has 0 aliphatic carbocycles. The third-order valence-corrected chi connectivity index (χ3v) is 4.00. The third kappa shape index (κ3) is 2.74. The van der Waals surface area contributed by atoms with E-state index in [9.17, 15) is 5.11 Å². The lowest BCUT2D eigenvalue weighted by Crippen LogP contribution is -2.50. The number of imidazole rings is 1. The van der Waals surface area contributed by atoms with E-state index in [0.717, 1.165) is 0 Å². The van der Waals surface area contributed by atoms with E-state index < -0.39 is 11.2 Å². The van der Waals surface area contributed by atoms with Crippen molar-refractivity contribution in [3.05, 3.63) is 11.5 Å². The Morgan fingerprint density at radius 2 is 2.05 bits per heavy atom. The SMILES string of the molecule is CC1(C)OCC(CO)(Cn2cnc3c(Cl)nc(N)nc32)CO1. The molecule has 0 saturated carbocycles. The Bertz CT molecular complexity index is 692. The molecule has 3 N–H and O–H groups in total. The molecule has 1 fully saturated rings. The van der Waals surface area contributed by atoms with Crippen molar-refractivity contribution in [2.45, 2.75) is 26.2 Å². The Morgan fingerprint density at radius 1 is 1.36 bits per heavy atom. The second-order valence-corrected chi connectivity index (χ2v) is 6.41. The molecule has 8 nitrogen and oxygen atoms in total. The predicted octanol–water partition coefficient (Wildman–Crippen LogP) is 0.824. The molecule has 0 radical (unpaired) electrons. The van der Waals surface area contributed by atoms with Crippen molar-refractivity contribution in [3.63, 3.8) is 0 Å². The molecule has 2 aromatic heterocycles. The molecule has 2 aromatic rings. The first kappa shape index (κ1) is 15.4. The quantitative estimate of drug-likeness (QED) is 0.803. The van der Waals surface area contributed by atoms with Crippen LogP contribution in [0.5, 0.6) is 0 Å². The summed E-state index contributed by atoms with van der Waals surface area (Å²) in [6.07, 6.45) is 1.60. The maximum atomic E-state index is 9.81. The predicted molar refractivity (Wildman–Crippen MR) is 80.2 cm³/mol. The number of aliphatic hydroxyl groups excluding tert-OH is 1. The maximum absolute atomic E-state index is 9.81. The van der Waals surface area contributed by atoms with E-state index in [1.807, 2.05) is 13.8 Å². The van der Waals surface area contributed by atoms with Crippen molar-refractivity contribution in [3.8, 4) is 0 Å². The smallest absolute Gasteiger partial charge is 0.223 e. The van der Waals surface area contributed by atoms with Crippen molar-refractivity contribution < 1.29 is 14.6 Å². The van der Waals surface area contributed by atoms with Crippen molar-refractivity contribution in [2.75, 3.05) is 25.6 Å². The van der Waals surface area contributed by atoms with Gasteiger partial charge in [0.1, 0.15) is 5.52 Å². The largest absolute Gasteiger partial charge is 0.396 e. The van der Waals surface area contributed by atoms with E-state index >= 15 is 0 Å². The van der Waals surface area contributed by atoms with E-state index in [1.165, 1.54) is 0 Å². The summed E-state index contributed by atoms with van der Waals surface area (Å²) in [5, 5.41) is 10.0. The summed E-state index contributed by atoms with van der Waals surface area (Å²) >= 11 is 6.02. The molecular formula is C13H18ClN5O3. The fraction of sp³-hybridized carbons (Fsp3) is 0.615. The van der Waals surface area contributed by atoms with Crippen LogP contribution < -0.4 is 5.73 Å². The van der Waals surface area contributed by atoms with Crippen molar-refractivity contribution in [2.24, 2.45) is 5.41 Å². The molecular weight excluding hydrogens is 310 g/mol. The number of hydrogen-bond donors (Lipinski definition) is 2. The highest BCUT2D eigenvalue weighted by Crippen LogP contribution is 2.32. The zero-order valence-corrected chi connectivity index (χ0v) is 13.2. The minimum absolute atomic E-state index is 0.0783. The van der Waals surface area contributed by atoms with Crippen molar-refractivity contribution in [1.29, 1.82) is 0 Å². The summed E-state index contributed by atoms with van der Waals surface area (Å²) in [6.45, 7) is 4.75. The highest BCUT2D eigenvalue weighted by molar-refractivity contribution is 6.33. The van der Waals surface area contributed by atoms with Crippen molar-refractivity contribution >= 4 is 28.7 Å². The van der Waals surface area contributed by atoms with E-state index in [-0.39, 0.29) is 17.7 Å². The van der Waals surface area contributed by atoms with E-state index in [2.05, 4.69) is 15.0 Å². The van der Waals surface area contributed by atoms with Gasteiger partial charge in [0.05, 0.1) is 31.6 Å². The number of anilines is 1. The number of rotatable bonds is 3. The minimum atomic E-state index is -0.647. The summed E-state index contributed by atoms with van der Waals surface area (Å²) in [4.78, 5) is 12.3. The van der Waals surface area contributed by atoms with Gasteiger partial charge in [-0.15, -0.1) is 0 Å². The van der Waals surface area contributed by atoms with Crippen LogP contribution in [-0.4, -0.2) is 50.2 Å². The summed E-state index contributed by atoms with van der Waals surface area (Å²) in [6, 6.07) is 0. The van der Waals surface area contributed by atoms with Crippen LogP contribution in [0.2, 0.25) is 5.15 Å². The van der Waals surface area contributed by atoms with Crippen LogP contribution in [0.4, 0.5) is 5.95 Å². The Kier molecular flexibility index (Phi) is 3.72. The van der Waals surface area contributed by atoms with Gasteiger partial charge in [-0.3, -0.25) is 0 Å². The average molecular weight is 328 g/mol. The Balaban J connectivity index is 1.92. The first-order valence-corrected chi connectivity index (χ1v) is 7.25. The second-order valence-electron chi connectivity index (χ2n) is 6.05. The molecule has 3 rings (SSSR count). The molecule has 0 bridgehead atoms. The second kappa shape index (κ2) is 5.31. The topological polar surface area (TPSA) is 108 Å². The van der Waals surface area contributed by atoms with Gasteiger partial charge in [-0.2, -0.15) is 9.97 Å². The standard InChI is InChI=1S/C13H18ClN5O3/c1-12(2)21-5-13(4-20,6-22-12)3-19-7-16-8-9(14)17-11(15)18-10(8)19/h7,20H,3-6H2,1-2H3,(H2,15,17,18). The monoisotopic (exact) mass is 327 g/mol. The lowest BCUT2D eigenvalue weighted by Gasteiger charge is -2.42. The van der Waals surface area contributed by atoms with E-state index in [1.54, 1.807) is 10.9 Å². The van der Waals surface area contributed by atoms with Gasteiger partial charge in [-0.25, -0.2) is 4.98 Å². The first-order valence-electron chi connectivity index (χ1n) is 6.87. The van der Waals surface area contributed by atoms with Crippen LogP contribution in [0.25, 0.3) is 11.2 Å². The molecule has 1 saturated heterocycles. The zero-order chi connectivity index (χ0) is 16.0. The molecule has 1 aliphatic heterocycles. The lowest BCUT2D eigenvalue weighted by atomic mass is 9.89. The number of nitrogens with zero attached hydrogens (tertiary/aromatic N) is 4. The number of halogens is 1. The third-order valence-electron chi connectivity index (χ3n) is 3.73. The summed E-state index contributed by atoms with van der Waals surface area (Å²) in [5.41, 5.74) is 6.06. The number of nitrogens with two attached hydrogens (primary N) is 1. The van der Waals surface area contributed by atoms with Crippen LogP contribution in [0.1, 0.15) is 13.8 Å². The Hall–Kier alpha value is -1.48. The fourth-order valence-corrected chi connectivity index (χ4v) is 2.59. The summed E-state index contributed by atoms with van der Waals surface area (Å²) in [7, 11) is 0. The molecule has 1 aliphatic rings. The molecule has 120 valence electrons. The van der Waals surface area contributed by atoms with E-state index in [0.29, 0.717) is 30.9 Å². The highest BCUT2D eigenvalue weighted by atomic mass is 35.5. The van der Waals surface area contributed by atoms with Crippen LogP contribution in [-0.2, 0) is 16.0 Å². The first-order chi connectivity index (χ1) is 10.3. The Morgan fingerprint density at radius 3 is 2.68 bits per heavy atom. The molecule has 0 spiro atoms. The number of nitrogen functional groups attached to an aromatic ring is 1. The molecule has 3 heterocycles. The number of hydrogen-bond acceptors (Lipinski definition) is 7. The molecule has 22 heavy (non-hydrogen) atoms.